The number of pyridine rings is 1. The zero-order chi connectivity index (χ0) is 26.1. The Morgan fingerprint density at radius 3 is 2.62 bits per heavy atom. The predicted octanol–water partition coefficient (Wildman–Crippen LogP) is 2.17. The topological polar surface area (TPSA) is 101 Å². The van der Waals surface area contributed by atoms with E-state index in [1.54, 1.807) is 13.0 Å². The number of benzene rings is 4. The van der Waals surface area contributed by atoms with Crippen LogP contribution in [0.25, 0.3) is 32.4 Å². The summed E-state index contributed by atoms with van der Waals surface area (Å²) in [7, 11) is 1.51. The number of rotatable bonds is 4. The number of hydrogen-bond donors (Lipinski definition) is 0. The van der Waals surface area contributed by atoms with E-state index in [0.717, 1.165) is 51.5 Å². The number of ether oxygens (including phenoxy) is 4. The van der Waals surface area contributed by atoms with Gasteiger partial charge in [-0.3, -0.25) is 10.1 Å². The molecule has 2 aliphatic heterocycles. The van der Waals surface area contributed by atoms with Crippen molar-refractivity contribution in [2.45, 2.75) is 19.9 Å². The number of nitro groups is 1. The van der Waals surface area contributed by atoms with Crippen molar-refractivity contribution < 1.29 is 45.6 Å². The number of halogens is 1. The molecule has 2 aliphatic rings. The van der Waals surface area contributed by atoms with Crippen LogP contribution in [0.4, 0.5) is 5.69 Å². The van der Waals surface area contributed by atoms with Gasteiger partial charge in [0.25, 0.3) is 5.69 Å². The van der Waals surface area contributed by atoms with Crippen LogP contribution in [0.3, 0.4) is 0 Å². The summed E-state index contributed by atoms with van der Waals surface area (Å²) < 4.78 is 25.1. The Morgan fingerprint density at radius 2 is 1.82 bits per heavy atom. The van der Waals surface area contributed by atoms with E-state index >= 15 is 0 Å². The normalized spacial score (nSPS) is 13.1. The molecule has 0 saturated heterocycles. The summed E-state index contributed by atoms with van der Waals surface area (Å²) >= 11 is 0. The Hall–Kier alpha value is -4.63. The van der Waals surface area contributed by atoms with Crippen molar-refractivity contribution in [3.8, 4) is 23.0 Å². The Balaban J connectivity index is 0.00000277. The van der Waals surface area contributed by atoms with Gasteiger partial charge in [0.05, 0.1) is 33.8 Å². The fourth-order valence-electron chi connectivity index (χ4n) is 5.59. The quantitative estimate of drug-likeness (QED) is 0.0853. The highest BCUT2D eigenvalue weighted by Crippen LogP contribution is 2.46. The van der Waals surface area contributed by atoms with E-state index in [2.05, 4.69) is 16.7 Å². The molecule has 3 heterocycles. The molecule has 0 fully saturated rings. The first kappa shape index (κ1) is 24.7. The first-order chi connectivity index (χ1) is 18.4. The molecule has 0 saturated carbocycles. The van der Waals surface area contributed by atoms with Gasteiger partial charge in [-0.05, 0) is 48.9 Å². The van der Waals surface area contributed by atoms with Gasteiger partial charge < -0.3 is 31.4 Å². The second kappa shape index (κ2) is 8.99. The summed E-state index contributed by atoms with van der Waals surface area (Å²) in [4.78, 5) is 24.1. The third-order valence-electron chi connectivity index (χ3n) is 7.39. The number of nitrogens with zero attached hydrogens (tertiary/aromatic N) is 2. The van der Waals surface area contributed by atoms with Crippen molar-refractivity contribution in [1.82, 2.24) is 0 Å². The third kappa shape index (κ3) is 3.61. The largest absolute Gasteiger partial charge is 1.00 e. The molecule has 9 nitrogen and oxygen atoms in total. The maximum atomic E-state index is 13.2. The van der Waals surface area contributed by atoms with Crippen LogP contribution in [-0.2, 0) is 13.0 Å². The number of nitro benzene ring substituents is 1. The van der Waals surface area contributed by atoms with Crippen LogP contribution in [0.5, 0.6) is 23.0 Å². The van der Waals surface area contributed by atoms with Gasteiger partial charge in [-0.1, -0.05) is 6.07 Å². The fourth-order valence-corrected chi connectivity index (χ4v) is 5.59. The molecular formula is C29H21ClN2O7. The van der Waals surface area contributed by atoms with Gasteiger partial charge in [0.15, 0.2) is 35.7 Å². The van der Waals surface area contributed by atoms with E-state index in [4.69, 9.17) is 18.9 Å². The minimum atomic E-state index is -0.703. The lowest BCUT2D eigenvalue weighted by molar-refractivity contribution is -0.670. The molecule has 0 bridgehead atoms. The molecule has 39 heavy (non-hydrogen) atoms. The van der Waals surface area contributed by atoms with Crippen molar-refractivity contribution in [2.24, 2.45) is 0 Å². The maximum absolute atomic E-state index is 13.2. The minimum absolute atomic E-state index is 0. The van der Waals surface area contributed by atoms with Crippen molar-refractivity contribution in [3.63, 3.8) is 0 Å². The summed E-state index contributed by atoms with van der Waals surface area (Å²) in [6.45, 7) is 2.56. The molecule has 196 valence electrons. The number of hydrogen-bond acceptors (Lipinski definition) is 7. The number of carbonyl (C=O) groups is 1. The number of esters is 1. The van der Waals surface area contributed by atoms with Crippen molar-refractivity contribution in [1.29, 1.82) is 0 Å². The molecule has 4 aromatic carbocycles. The lowest BCUT2D eigenvalue weighted by Crippen LogP contribution is -3.00. The van der Waals surface area contributed by atoms with Crippen LogP contribution in [0.2, 0.25) is 0 Å². The highest BCUT2D eigenvalue weighted by Gasteiger charge is 2.30. The molecule has 0 aliphatic carbocycles. The summed E-state index contributed by atoms with van der Waals surface area (Å²) in [6, 6.07) is 14.2. The van der Waals surface area contributed by atoms with Gasteiger partial charge in [-0.25, -0.2) is 4.79 Å². The number of carbonyl (C=O) groups excluding carboxylic acids is 1. The van der Waals surface area contributed by atoms with E-state index in [9.17, 15) is 14.9 Å². The van der Waals surface area contributed by atoms with Crippen LogP contribution in [0.1, 0.15) is 21.5 Å². The Morgan fingerprint density at radius 1 is 1.03 bits per heavy atom. The zero-order valence-corrected chi connectivity index (χ0v) is 21.7. The molecule has 0 radical (unpaired) electrons. The molecule has 0 atom stereocenters. The minimum Gasteiger partial charge on any atom is -1.00 e. The second-order valence-electron chi connectivity index (χ2n) is 9.43. The van der Waals surface area contributed by atoms with Crippen molar-refractivity contribution in [2.75, 3.05) is 13.9 Å². The van der Waals surface area contributed by atoms with E-state index in [1.807, 2.05) is 18.3 Å². The Kier molecular flexibility index (Phi) is 5.69. The molecule has 1 aromatic heterocycles. The van der Waals surface area contributed by atoms with E-state index in [-0.39, 0.29) is 36.2 Å². The fraction of sp³-hybridized carbons (Fsp3) is 0.172. The van der Waals surface area contributed by atoms with Gasteiger partial charge in [0.1, 0.15) is 0 Å². The lowest BCUT2D eigenvalue weighted by Gasteiger charge is -2.18. The van der Waals surface area contributed by atoms with Crippen LogP contribution < -0.4 is 35.9 Å². The molecular weight excluding hydrogens is 524 g/mol. The number of fused-ring (bicyclic) bond motifs is 4. The SMILES string of the molecule is COc1ccc2c(c[n+]3c4c2ccc2c5c(cc(c24)CC3)OCO5)c1OC(=O)c1ccc(C)c([N+](=O)[O-])c1.[Cl-]. The van der Waals surface area contributed by atoms with Gasteiger partial charge in [0.2, 0.25) is 12.3 Å². The maximum Gasteiger partial charge on any atom is 0.343 e. The smallest absolute Gasteiger partial charge is 0.343 e. The molecule has 0 unspecified atom stereocenters. The first-order valence-electron chi connectivity index (χ1n) is 12.1. The molecule has 0 amide bonds. The summed E-state index contributed by atoms with van der Waals surface area (Å²) in [6.07, 6.45) is 2.79. The molecule has 7 rings (SSSR count). The van der Waals surface area contributed by atoms with Crippen molar-refractivity contribution in [3.05, 3.63) is 81.5 Å². The van der Waals surface area contributed by atoms with Crippen LogP contribution in [-0.4, -0.2) is 24.8 Å². The highest BCUT2D eigenvalue weighted by atomic mass is 35.5. The number of methoxy groups -OCH3 is 1. The monoisotopic (exact) mass is 544 g/mol. The number of aromatic nitrogens is 1. The van der Waals surface area contributed by atoms with Crippen molar-refractivity contribution >= 4 is 44.1 Å². The summed E-state index contributed by atoms with van der Waals surface area (Å²) in [5, 5.41) is 16.1. The van der Waals surface area contributed by atoms with E-state index in [0.29, 0.717) is 16.7 Å². The lowest BCUT2D eigenvalue weighted by atomic mass is 9.93. The molecule has 5 aromatic rings. The summed E-state index contributed by atoms with van der Waals surface area (Å²) in [5.41, 5.74) is 2.69. The van der Waals surface area contributed by atoms with Gasteiger partial charge in [-0.2, -0.15) is 4.57 Å². The van der Waals surface area contributed by atoms with Crippen LogP contribution >= 0.6 is 0 Å². The standard InChI is InChI=1S/C29H21N2O7.ClH/c1-15-3-4-17(11-22(15)31(33)34)29(32)38-28-21-13-30-10-9-16-12-24-27(37-14-36-24)20-6-5-19(26(30)25(16)20)18(21)7-8-23(28)35-2;/h3-8,11-13H,9-10,14H2,1-2H3;1H/q+1;/p-1. The second-order valence-corrected chi connectivity index (χ2v) is 9.43. The van der Waals surface area contributed by atoms with Crippen LogP contribution in [0, 0.1) is 17.0 Å². The number of aryl methyl sites for hydroxylation is 3. The van der Waals surface area contributed by atoms with Gasteiger partial charge in [0, 0.05) is 28.8 Å². The predicted molar refractivity (Wildman–Crippen MR) is 138 cm³/mol. The average Bonchev–Trinajstić information content (AvgIpc) is 3.40. The highest BCUT2D eigenvalue weighted by molar-refractivity contribution is 6.17. The van der Waals surface area contributed by atoms with Crippen LogP contribution in [0.15, 0.2) is 54.7 Å². The van der Waals surface area contributed by atoms with E-state index in [1.165, 1.54) is 30.9 Å². The third-order valence-corrected chi connectivity index (χ3v) is 7.39. The molecule has 0 N–H and O–H groups in total. The zero-order valence-electron chi connectivity index (χ0n) is 20.9. The summed E-state index contributed by atoms with van der Waals surface area (Å²) in [5.74, 6) is 1.49. The Bertz CT molecular complexity index is 1890. The van der Waals surface area contributed by atoms with Gasteiger partial charge in [-0.15, -0.1) is 0 Å². The molecule has 10 heteroatoms. The molecule has 0 spiro atoms. The average molecular weight is 545 g/mol. The Labute approximate surface area is 228 Å². The van der Waals surface area contributed by atoms with E-state index < -0.39 is 10.9 Å². The van der Waals surface area contributed by atoms with Gasteiger partial charge >= 0.3 is 5.97 Å². The first-order valence-corrected chi connectivity index (χ1v) is 12.1.